The third kappa shape index (κ3) is 7.05. The quantitative estimate of drug-likeness (QED) is 0.0400. The van der Waals surface area contributed by atoms with Gasteiger partial charge >= 0.3 is 17.4 Å². The highest BCUT2D eigenvalue weighted by molar-refractivity contribution is 14.1. The molecule has 0 fully saturated rings. The molecule has 0 aliphatic heterocycles. The van der Waals surface area contributed by atoms with Gasteiger partial charge in [0.25, 0.3) is 0 Å². The van der Waals surface area contributed by atoms with Crippen molar-refractivity contribution in [1.29, 1.82) is 0 Å². The van der Waals surface area contributed by atoms with Crippen molar-refractivity contribution in [2.45, 2.75) is 30.2 Å². The second-order valence-electron chi connectivity index (χ2n) is 10.8. The fourth-order valence-corrected chi connectivity index (χ4v) is 8.38. The summed E-state index contributed by atoms with van der Waals surface area (Å²) in [5, 5.41) is -4.15. The monoisotopic (exact) mass is 885 g/mol. The molecule has 6 nitrogen and oxygen atoms in total. The summed E-state index contributed by atoms with van der Waals surface area (Å²) in [4.78, 5) is 14.2. The van der Waals surface area contributed by atoms with Crippen LogP contribution in [0, 0.1) is 19.0 Å². The van der Waals surface area contributed by atoms with Crippen LogP contribution in [-0.2, 0) is 26.1 Å². The molecule has 46 heavy (non-hydrogen) atoms. The van der Waals surface area contributed by atoms with Gasteiger partial charge in [0.1, 0.15) is 0 Å². The van der Waals surface area contributed by atoms with Crippen LogP contribution in [0.2, 0.25) is 0 Å². The minimum absolute atomic E-state index is 0.272. The Morgan fingerprint density at radius 2 is 1.41 bits per heavy atom. The summed E-state index contributed by atoms with van der Waals surface area (Å²) in [6.07, 6.45) is -5.46. The topological polar surface area (TPSA) is 92.7 Å². The first-order chi connectivity index (χ1) is 21.6. The first-order valence-corrected chi connectivity index (χ1v) is 17.4. The van der Waals surface area contributed by atoms with Crippen LogP contribution in [0.4, 0.5) is 22.0 Å². The van der Waals surface area contributed by atoms with Gasteiger partial charge in [-0.05, 0) is 91.7 Å². The van der Waals surface area contributed by atoms with Gasteiger partial charge in [-0.2, -0.15) is 22.0 Å². The highest BCUT2D eigenvalue weighted by atomic mass is 127. The molecule has 4 aromatic carbocycles. The van der Waals surface area contributed by atoms with Gasteiger partial charge in [-0.1, -0.05) is 72.8 Å². The van der Waals surface area contributed by atoms with Gasteiger partial charge in [-0.15, -0.1) is 0 Å². The molecule has 2 unspecified atom stereocenters. The number of hydrogen-bond acceptors (Lipinski definition) is 6. The van der Waals surface area contributed by atoms with Crippen molar-refractivity contribution in [3.8, 4) is 5.75 Å². The summed E-state index contributed by atoms with van der Waals surface area (Å²) >= 11 is 4.22. The average molecular weight is 885 g/mol. The largest absolute Gasteiger partial charge is 0.743 e. The van der Waals surface area contributed by atoms with Crippen LogP contribution >= 0.6 is 45.2 Å². The molecule has 14 heteroatoms. The van der Waals surface area contributed by atoms with Crippen LogP contribution in [0.25, 0.3) is 10.8 Å². The fourth-order valence-electron chi connectivity index (χ4n) is 5.74. The maximum Gasteiger partial charge on any atom is 0.400 e. The highest BCUT2D eigenvalue weighted by Crippen LogP contribution is 2.45. The molecule has 0 radical (unpaired) electrons. The number of esters is 1. The molecule has 0 saturated heterocycles. The summed E-state index contributed by atoms with van der Waals surface area (Å²) in [6.45, 7) is -2.45. The highest BCUT2D eigenvalue weighted by Gasteiger charge is 2.60. The lowest BCUT2D eigenvalue weighted by molar-refractivity contribution is -0.232. The van der Waals surface area contributed by atoms with Crippen LogP contribution < -0.4 is 4.74 Å². The lowest BCUT2D eigenvalue weighted by Gasteiger charge is -2.34. The van der Waals surface area contributed by atoms with Crippen LogP contribution in [0.3, 0.4) is 0 Å². The van der Waals surface area contributed by atoms with Crippen molar-refractivity contribution >= 4 is 72.0 Å². The molecule has 4 aromatic rings. The fraction of sp³-hybridized carbons (Fsp3) is 0.281. The zero-order valence-corrected chi connectivity index (χ0v) is 28.7. The second-order valence-corrected chi connectivity index (χ2v) is 14.5. The predicted octanol–water partition coefficient (Wildman–Crippen LogP) is 8.03. The number of carbonyl (C=O) groups excluding carboxylic acids is 1. The number of carbonyl (C=O) groups is 1. The summed E-state index contributed by atoms with van der Waals surface area (Å²) in [7, 11) is -6.65. The second kappa shape index (κ2) is 13.6. The third-order valence-electron chi connectivity index (χ3n) is 7.96. The van der Waals surface area contributed by atoms with Crippen molar-refractivity contribution in [3.63, 3.8) is 0 Å². The summed E-state index contributed by atoms with van der Waals surface area (Å²) in [5.74, 6) is -6.02. The van der Waals surface area contributed by atoms with Gasteiger partial charge in [-0.3, -0.25) is 4.79 Å². The molecule has 0 saturated carbocycles. The lowest BCUT2D eigenvalue weighted by Crippen LogP contribution is -2.47. The van der Waals surface area contributed by atoms with E-state index in [-0.39, 0.29) is 6.42 Å². The predicted molar refractivity (Wildman–Crippen MR) is 176 cm³/mol. The number of benzene rings is 4. The van der Waals surface area contributed by atoms with E-state index in [1.54, 1.807) is 24.3 Å². The van der Waals surface area contributed by atoms with E-state index in [0.717, 1.165) is 31.2 Å². The summed E-state index contributed by atoms with van der Waals surface area (Å²) in [5.41, 5.74) is 3.44. The molecule has 244 valence electrons. The van der Waals surface area contributed by atoms with Crippen molar-refractivity contribution in [2.75, 3.05) is 13.2 Å². The summed E-state index contributed by atoms with van der Waals surface area (Å²) < 4.78 is 114. The van der Waals surface area contributed by atoms with E-state index in [0.29, 0.717) is 21.1 Å². The van der Waals surface area contributed by atoms with Crippen molar-refractivity contribution in [1.82, 2.24) is 0 Å². The van der Waals surface area contributed by atoms with E-state index < -0.39 is 58.5 Å². The number of fused-ring (bicyclic) bond motifs is 3. The Hall–Kier alpha value is -2.41. The van der Waals surface area contributed by atoms with Gasteiger partial charge in [0, 0.05) is 21.5 Å². The molecule has 1 aliphatic carbocycles. The van der Waals surface area contributed by atoms with Gasteiger partial charge in [0.05, 0.1) is 16.1 Å². The molecule has 5 rings (SSSR count). The molecule has 0 spiro atoms. The number of hydrogen-bond donors (Lipinski definition) is 0. The molecular formula is C32H24F5I2O6S-. The Morgan fingerprint density at radius 1 is 0.870 bits per heavy atom. The Labute approximate surface area is 288 Å². The smallest absolute Gasteiger partial charge is 0.400 e. The molecule has 0 heterocycles. The van der Waals surface area contributed by atoms with E-state index in [1.807, 2.05) is 77.2 Å². The zero-order chi connectivity index (χ0) is 33.4. The average Bonchev–Trinajstić information content (AvgIpc) is 2.98. The number of halogens is 7. The maximum atomic E-state index is 14.2. The first kappa shape index (κ1) is 34.9. The minimum atomic E-state index is -6.65. The lowest BCUT2D eigenvalue weighted by atomic mass is 9.71. The van der Waals surface area contributed by atoms with Crippen LogP contribution in [-0.4, -0.2) is 43.6 Å². The third-order valence-corrected chi connectivity index (χ3v) is 10.6. The number of rotatable bonds is 10. The number of ether oxygens (including phenoxy) is 2. The molecule has 1 aliphatic rings. The first-order valence-electron chi connectivity index (χ1n) is 13.8. The van der Waals surface area contributed by atoms with E-state index >= 15 is 0 Å². The van der Waals surface area contributed by atoms with Crippen LogP contribution in [0.1, 0.15) is 34.6 Å². The van der Waals surface area contributed by atoms with E-state index in [2.05, 4.69) is 22.6 Å². The van der Waals surface area contributed by atoms with Crippen LogP contribution in [0.15, 0.2) is 78.9 Å². The molecule has 2 atom stereocenters. The molecular weight excluding hydrogens is 861 g/mol. The van der Waals surface area contributed by atoms with Crippen LogP contribution in [0.5, 0.6) is 5.75 Å². The Balaban J connectivity index is 1.51. The maximum absolute atomic E-state index is 14.2. The molecule has 0 bridgehead atoms. The normalized spacial score (nSPS) is 15.2. The molecule has 0 aromatic heterocycles. The van der Waals surface area contributed by atoms with E-state index in [9.17, 15) is 39.7 Å². The zero-order valence-electron chi connectivity index (χ0n) is 23.6. The van der Waals surface area contributed by atoms with Gasteiger partial charge in [0.2, 0.25) is 0 Å². The Kier molecular flexibility index (Phi) is 10.3. The number of alkyl halides is 5. The Morgan fingerprint density at radius 3 is 1.98 bits per heavy atom. The SMILES string of the molecule is O=C(Oc1c(I)cc(I)c2ccccc12)C(CCOCC(C(F)(F)F)C(F)(F)S(=O)(=O)[O-])C1c2ccccc2Cc2ccccc21. The van der Waals surface area contributed by atoms with E-state index in [4.69, 9.17) is 9.47 Å². The summed E-state index contributed by atoms with van der Waals surface area (Å²) in [6, 6.07) is 24.0. The van der Waals surface area contributed by atoms with Gasteiger partial charge in [0.15, 0.2) is 21.8 Å². The molecule has 0 amide bonds. The van der Waals surface area contributed by atoms with E-state index in [1.165, 1.54) is 0 Å². The van der Waals surface area contributed by atoms with Crippen molar-refractivity contribution in [3.05, 3.63) is 108 Å². The van der Waals surface area contributed by atoms with Gasteiger partial charge < -0.3 is 14.0 Å². The van der Waals surface area contributed by atoms with Gasteiger partial charge in [-0.25, -0.2) is 8.42 Å². The minimum Gasteiger partial charge on any atom is -0.743 e. The van der Waals surface area contributed by atoms with Crippen molar-refractivity contribution < 1.29 is 49.2 Å². The Bertz CT molecular complexity index is 1840. The molecule has 0 N–H and O–H groups in total. The standard InChI is InChI=1S/C32H25F5I2O6S/c33-31(34,35)27(32(36,37)46(41,42)43)17-44-14-13-24(28-20-9-3-1-7-18(20)15-19-8-2-4-10-21(19)28)30(40)45-29-23-12-6-5-11-22(23)25(38)16-26(29)39/h1-12,16,24,27-28H,13-15,17H2,(H,41,42,43)/p-1. The van der Waals surface area contributed by atoms with Crippen molar-refractivity contribution in [2.24, 2.45) is 11.8 Å².